The van der Waals surface area contributed by atoms with Crippen molar-refractivity contribution >= 4 is 16.7 Å². The van der Waals surface area contributed by atoms with Gasteiger partial charge in [0.1, 0.15) is 11.8 Å². The lowest BCUT2D eigenvalue weighted by Gasteiger charge is -2.09. The highest BCUT2D eigenvalue weighted by Gasteiger charge is 2.18. The highest BCUT2D eigenvalue weighted by atomic mass is 16.6. The Kier molecular flexibility index (Phi) is 3.72. The minimum atomic E-state index is -0.758. The molecule has 0 aromatic carbocycles. The van der Waals surface area contributed by atoms with Crippen LogP contribution in [0.15, 0.2) is 23.0 Å². The van der Waals surface area contributed by atoms with Crippen molar-refractivity contribution in [2.75, 3.05) is 13.7 Å². The van der Waals surface area contributed by atoms with Crippen LogP contribution in [-0.2, 0) is 11.3 Å². The zero-order chi connectivity index (χ0) is 14.7. The molecule has 2 aromatic heterocycles. The summed E-state index contributed by atoms with van der Waals surface area (Å²) in [5.41, 5.74) is -0.505. The number of aromatic nitrogens is 2. The summed E-state index contributed by atoms with van der Waals surface area (Å²) in [6.07, 6.45) is 0. The van der Waals surface area contributed by atoms with Gasteiger partial charge in [0.2, 0.25) is 0 Å². The largest absolute Gasteiger partial charge is 0.383 e. The summed E-state index contributed by atoms with van der Waals surface area (Å²) in [4.78, 5) is 26.2. The van der Waals surface area contributed by atoms with Crippen molar-refractivity contribution in [1.29, 1.82) is 5.26 Å². The van der Waals surface area contributed by atoms with E-state index in [1.54, 1.807) is 6.07 Å². The van der Waals surface area contributed by atoms with Gasteiger partial charge in [0.15, 0.2) is 0 Å². The first kappa shape index (κ1) is 13.6. The van der Waals surface area contributed by atoms with Gasteiger partial charge in [-0.25, -0.2) is 4.98 Å². The van der Waals surface area contributed by atoms with Crippen LogP contribution in [-0.4, -0.2) is 28.2 Å². The molecule has 8 heteroatoms. The molecule has 8 nitrogen and oxygen atoms in total. The monoisotopic (exact) mass is 274 g/mol. The van der Waals surface area contributed by atoms with Crippen LogP contribution in [0.5, 0.6) is 0 Å². The van der Waals surface area contributed by atoms with Crippen molar-refractivity contribution in [2.45, 2.75) is 6.54 Å². The zero-order valence-corrected chi connectivity index (χ0v) is 10.6. The average molecular weight is 274 g/mol. The first-order valence-corrected chi connectivity index (χ1v) is 5.66. The fourth-order valence-electron chi connectivity index (χ4n) is 1.84. The number of pyridine rings is 2. The van der Waals surface area contributed by atoms with Gasteiger partial charge in [0.25, 0.3) is 0 Å². The second-order valence-corrected chi connectivity index (χ2v) is 3.95. The quantitative estimate of drug-likeness (QED) is 0.602. The number of nitriles is 1. The fraction of sp³-hybridized carbons (Fsp3) is 0.250. The summed E-state index contributed by atoms with van der Waals surface area (Å²) >= 11 is 0. The molecule has 0 bridgehead atoms. The Morgan fingerprint density at radius 2 is 2.30 bits per heavy atom. The average Bonchev–Trinajstić information content (AvgIpc) is 2.45. The molecule has 0 aliphatic heterocycles. The van der Waals surface area contributed by atoms with Crippen LogP contribution in [0.25, 0.3) is 11.0 Å². The molecule has 0 aliphatic carbocycles. The van der Waals surface area contributed by atoms with Crippen LogP contribution in [0.4, 0.5) is 5.69 Å². The van der Waals surface area contributed by atoms with Crippen LogP contribution >= 0.6 is 0 Å². The lowest BCUT2D eigenvalue weighted by atomic mass is 10.2. The van der Waals surface area contributed by atoms with Crippen molar-refractivity contribution in [3.63, 3.8) is 0 Å². The van der Waals surface area contributed by atoms with Gasteiger partial charge < -0.3 is 4.74 Å². The third-order valence-electron chi connectivity index (χ3n) is 2.76. The van der Waals surface area contributed by atoms with E-state index in [4.69, 9.17) is 10.00 Å². The van der Waals surface area contributed by atoms with Gasteiger partial charge in [0, 0.05) is 19.7 Å². The topological polar surface area (TPSA) is 111 Å². The molecule has 0 saturated heterocycles. The maximum absolute atomic E-state index is 12.1. The molecule has 0 saturated carbocycles. The summed E-state index contributed by atoms with van der Waals surface area (Å²) in [5.74, 6) is 0. The molecular formula is C12H10N4O4. The Bertz CT molecular complexity index is 775. The predicted molar refractivity (Wildman–Crippen MR) is 69.2 cm³/mol. The molecule has 0 N–H and O–H groups in total. The van der Waals surface area contributed by atoms with Crippen molar-refractivity contribution < 1.29 is 9.66 Å². The van der Waals surface area contributed by atoms with Crippen LogP contribution in [0.2, 0.25) is 0 Å². The molecule has 20 heavy (non-hydrogen) atoms. The summed E-state index contributed by atoms with van der Waals surface area (Å²) in [6, 6.07) is 5.94. The first-order valence-electron chi connectivity index (χ1n) is 5.66. The number of ether oxygens (including phenoxy) is 1. The van der Waals surface area contributed by atoms with E-state index < -0.39 is 16.2 Å². The van der Waals surface area contributed by atoms with Crippen LogP contribution in [0.3, 0.4) is 0 Å². The van der Waals surface area contributed by atoms with Gasteiger partial charge in [-0.05, 0) is 12.1 Å². The molecular weight excluding hydrogens is 264 g/mol. The minimum Gasteiger partial charge on any atom is -0.383 e. The molecule has 2 aromatic rings. The number of methoxy groups -OCH3 is 1. The molecule has 0 amide bonds. The van der Waals surface area contributed by atoms with E-state index in [0.717, 1.165) is 6.07 Å². The van der Waals surface area contributed by atoms with Crippen molar-refractivity contribution in [3.8, 4) is 6.07 Å². The lowest BCUT2D eigenvalue weighted by Crippen LogP contribution is -2.25. The Labute approximate surface area is 113 Å². The maximum Gasteiger partial charge on any atom is 0.336 e. The third-order valence-corrected chi connectivity index (χ3v) is 2.76. The number of nitrogens with zero attached hydrogens (tertiary/aromatic N) is 4. The minimum absolute atomic E-state index is 0.128. The number of hydrogen-bond acceptors (Lipinski definition) is 6. The van der Waals surface area contributed by atoms with Gasteiger partial charge in [-0.2, -0.15) is 5.26 Å². The van der Waals surface area contributed by atoms with Gasteiger partial charge in [0.05, 0.1) is 22.6 Å². The number of hydrogen-bond donors (Lipinski definition) is 0. The molecule has 0 unspecified atom stereocenters. The van der Waals surface area contributed by atoms with Crippen LogP contribution < -0.4 is 5.56 Å². The first-order chi connectivity index (χ1) is 9.58. The smallest absolute Gasteiger partial charge is 0.336 e. The second-order valence-electron chi connectivity index (χ2n) is 3.95. The Hall–Kier alpha value is -2.79. The SMILES string of the molecule is COCCn1c(=O)c([N+](=O)[O-])cc2nc(C#N)ccc21. The van der Waals surface area contributed by atoms with Crippen LogP contribution in [0, 0.1) is 21.4 Å². The molecule has 0 atom stereocenters. The molecule has 0 aliphatic rings. The van der Waals surface area contributed by atoms with Gasteiger partial charge in [-0.1, -0.05) is 0 Å². The van der Waals surface area contributed by atoms with Crippen LogP contribution in [0.1, 0.15) is 5.69 Å². The van der Waals surface area contributed by atoms with E-state index in [1.807, 2.05) is 6.07 Å². The molecule has 0 radical (unpaired) electrons. The Morgan fingerprint density at radius 3 is 2.90 bits per heavy atom. The molecule has 0 spiro atoms. The second kappa shape index (κ2) is 5.46. The Balaban J connectivity index is 2.78. The van der Waals surface area contributed by atoms with Gasteiger partial charge in [-0.3, -0.25) is 19.5 Å². The van der Waals surface area contributed by atoms with Crippen molar-refractivity contribution in [3.05, 3.63) is 44.4 Å². The maximum atomic E-state index is 12.1. The van der Waals surface area contributed by atoms with E-state index in [2.05, 4.69) is 4.98 Å². The Morgan fingerprint density at radius 1 is 1.55 bits per heavy atom. The van der Waals surface area contributed by atoms with E-state index in [0.29, 0.717) is 5.52 Å². The van der Waals surface area contributed by atoms with E-state index in [1.165, 1.54) is 17.7 Å². The summed E-state index contributed by atoms with van der Waals surface area (Å²) in [5, 5.41) is 19.7. The van der Waals surface area contributed by atoms with E-state index in [-0.39, 0.29) is 24.4 Å². The predicted octanol–water partition coefficient (Wildman–Crippen LogP) is 0.823. The fourth-order valence-corrected chi connectivity index (χ4v) is 1.84. The number of nitro groups is 1. The summed E-state index contributed by atoms with van der Waals surface area (Å²) in [7, 11) is 1.47. The summed E-state index contributed by atoms with van der Waals surface area (Å²) < 4.78 is 6.12. The van der Waals surface area contributed by atoms with Crippen molar-refractivity contribution in [1.82, 2.24) is 9.55 Å². The zero-order valence-electron chi connectivity index (χ0n) is 10.6. The van der Waals surface area contributed by atoms with Gasteiger partial charge in [-0.15, -0.1) is 0 Å². The molecule has 2 rings (SSSR count). The number of rotatable bonds is 4. The van der Waals surface area contributed by atoms with Gasteiger partial charge >= 0.3 is 11.2 Å². The highest BCUT2D eigenvalue weighted by Crippen LogP contribution is 2.16. The molecule has 102 valence electrons. The normalized spacial score (nSPS) is 10.4. The summed E-state index contributed by atoms with van der Waals surface area (Å²) in [6.45, 7) is 0.400. The number of fused-ring (bicyclic) bond motifs is 1. The highest BCUT2D eigenvalue weighted by molar-refractivity contribution is 5.77. The van der Waals surface area contributed by atoms with E-state index in [9.17, 15) is 14.9 Å². The molecule has 2 heterocycles. The lowest BCUT2D eigenvalue weighted by molar-refractivity contribution is -0.386. The molecule has 0 fully saturated rings. The van der Waals surface area contributed by atoms with Crippen molar-refractivity contribution in [2.24, 2.45) is 0 Å². The van der Waals surface area contributed by atoms with E-state index >= 15 is 0 Å². The third kappa shape index (κ3) is 2.34. The standard InChI is InChI=1S/C12H10N4O4/c1-20-5-4-15-10-3-2-8(7-13)14-9(10)6-11(12(15)17)16(18)19/h2-3,6H,4-5H2,1H3.